The topological polar surface area (TPSA) is 32.3 Å². The summed E-state index contributed by atoms with van der Waals surface area (Å²) >= 11 is 0. The summed E-state index contributed by atoms with van der Waals surface area (Å²) in [4.78, 5) is 13.9. The monoisotopic (exact) mass is 226 g/mol. The maximum Gasteiger partial charge on any atom is 0.234 e. The number of carbonyl (C=O) groups is 1. The summed E-state index contributed by atoms with van der Waals surface area (Å²) in [5.41, 5.74) is 0. The molecule has 0 radical (unpaired) electrons. The van der Waals surface area contributed by atoms with Gasteiger partial charge in [-0.2, -0.15) is 0 Å². The van der Waals surface area contributed by atoms with Crippen molar-refractivity contribution in [3.8, 4) is 0 Å². The second-order valence-electron chi connectivity index (χ2n) is 5.58. The highest BCUT2D eigenvalue weighted by Crippen LogP contribution is 2.23. The standard InChI is InChI=1S/C13H26N2O/c1-10(2)12-5-7-15(8-6-12)9-13(16)14-11(3)4/h10-12H,5-9H2,1-4H3,(H,14,16). The van der Waals surface area contributed by atoms with Crippen molar-refractivity contribution in [2.45, 2.75) is 46.6 Å². The van der Waals surface area contributed by atoms with Gasteiger partial charge in [-0.25, -0.2) is 0 Å². The molecule has 1 fully saturated rings. The van der Waals surface area contributed by atoms with Crippen LogP contribution in [0.1, 0.15) is 40.5 Å². The molecule has 0 aliphatic carbocycles. The number of hydrogen-bond donors (Lipinski definition) is 1. The maximum atomic E-state index is 11.6. The van der Waals surface area contributed by atoms with Crippen LogP contribution in [-0.2, 0) is 4.79 Å². The summed E-state index contributed by atoms with van der Waals surface area (Å²) in [6, 6.07) is 0.251. The van der Waals surface area contributed by atoms with E-state index in [9.17, 15) is 4.79 Å². The van der Waals surface area contributed by atoms with Crippen LogP contribution in [-0.4, -0.2) is 36.5 Å². The van der Waals surface area contributed by atoms with E-state index in [-0.39, 0.29) is 11.9 Å². The Morgan fingerprint density at radius 2 is 1.81 bits per heavy atom. The number of nitrogens with one attached hydrogen (secondary N) is 1. The minimum atomic E-state index is 0.165. The molecule has 0 atom stereocenters. The maximum absolute atomic E-state index is 11.6. The van der Waals surface area contributed by atoms with E-state index in [0.717, 1.165) is 24.9 Å². The molecule has 1 saturated heterocycles. The second kappa shape index (κ2) is 6.24. The number of likely N-dealkylation sites (tertiary alicyclic amines) is 1. The molecule has 3 heteroatoms. The Morgan fingerprint density at radius 1 is 1.25 bits per heavy atom. The van der Waals surface area contributed by atoms with Crippen molar-refractivity contribution in [3.63, 3.8) is 0 Å². The third-order valence-corrected chi connectivity index (χ3v) is 3.39. The molecule has 0 aromatic carbocycles. The van der Waals surface area contributed by atoms with Crippen LogP contribution in [0.4, 0.5) is 0 Å². The summed E-state index contributed by atoms with van der Waals surface area (Å²) in [5.74, 6) is 1.80. The number of hydrogen-bond acceptors (Lipinski definition) is 2. The van der Waals surface area contributed by atoms with Gasteiger partial charge < -0.3 is 5.32 Å². The Hall–Kier alpha value is -0.570. The molecular weight excluding hydrogens is 200 g/mol. The molecule has 1 amide bonds. The molecule has 1 aliphatic rings. The highest BCUT2D eigenvalue weighted by Gasteiger charge is 2.22. The predicted octanol–water partition coefficient (Wildman–Crippen LogP) is 1.88. The van der Waals surface area contributed by atoms with Crippen LogP contribution in [0.15, 0.2) is 0 Å². The third kappa shape index (κ3) is 4.52. The van der Waals surface area contributed by atoms with Crippen LogP contribution in [0.2, 0.25) is 0 Å². The molecule has 0 aromatic heterocycles. The average molecular weight is 226 g/mol. The first kappa shape index (κ1) is 13.5. The van der Waals surface area contributed by atoms with Gasteiger partial charge in [0, 0.05) is 6.04 Å². The van der Waals surface area contributed by atoms with Gasteiger partial charge in [-0.1, -0.05) is 13.8 Å². The molecule has 1 rings (SSSR count). The fourth-order valence-electron chi connectivity index (χ4n) is 2.35. The molecular formula is C13H26N2O. The average Bonchev–Trinajstić information content (AvgIpc) is 2.16. The Labute approximate surface area is 99.6 Å². The molecule has 1 aliphatic heterocycles. The van der Waals surface area contributed by atoms with Crippen LogP contribution in [0.25, 0.3) is 0 Å². The summed E-state index contributed by atoms with van der Waals surface area (Å²) in [5, 5.41) is 2.94. The molecule has 1 N–H and O–H groups in total. The molecule has 0 spiro atoms. The third-order valence-electron chi connectivity index (χ3n) is 3.39. The number of carbonyl (C=O) groups excluding carboxylic acids is 1. The van der Waals surface area contributed by atoms with E-state index >= 15 is 0 Å². The van der Waals surface area contributed by atoms with Crippen molar-refractivity contribution >= 4 is 5.91 Å². The Morgan fingerprint density at radius 3 is 2.25 bits per heavy atom. The van der Waals surface area contributed by atoms with Crippen molar-refractivity contribution < 1.29 is 4.79 Å². The number of amides is 1. The van der Waals surface area contributed by atoms with Gasteiger partial charge in [0.1, 0.15) is 0 Å². The first-order valence-electron chi connectivity index (χ1n) is 6.50. The van der Waals surface area contributed by atoms with Gasteiger partial charge in [0.05, 0.1) is 6.54 Å². The minimum Gasteiger partial charge on any atom is -0.353 e. The largest absolute Gasteiger partial charge is 0.353 e. The Balaban J connectivity index is 2.24. The summed E-state index contributed by atoms with van der Waals surface area (Å²) in [7, 11) is 0. The van der Waals surface area contributed by atoms with Gasteiger partial charge in [0.2, 0.25) is 5.91 Å². The molecule has 0 saturated carbocycles. The summed E-state index contributed by atoms with van der Waals surface area (Å²) in [6.45, 7) is 11.3. The van der Waals surface area contributed by atoms with E-state index in [4.69, 9.17) is 0 Å². The van der Waals surface area contributed by atoms with E-state index in [2.05, 4.69) is 24.1 Å². The lowest BCUT2D eigenvalue weighted by atomic mass is 9.87. The highest BCUT2D eigenvalue weighted by atomic mass is 16.2. The molecule has 0 bridgehead atoms. The first-order chi connectivity index (χ1) is 7.49. The molecule has 1 heterocycles. The zero-order valence-corrected chi connectivity index (χ0v) is 11.1. The van der Waals surface area contributed by atoms with E-state index in [1.807, 2.05) is 13.8 Å². The highest BCUT2D eigenvalue weighted by molar-refractivity contribution is 5.78. The fraction of sp³-hybridized carbons (Fsp3) is 0.923. The molecule has 0 aromatic rings. The van der Waals surface area contributed by atoms with Crippen molar-refractivity contribution in [2.24, 2.45) is 11.8 Å². The molecule has 16 heavy (non-hydrogen) atoms. The van der Waals surface area contributed by atoms with Crippen LogP contribution < -0.4 is 5.32 Å². The lowest BCUT2D eigenvalue weighted by Gasteiger charge is -2.33. The number of piperidine rings is 1. The summed E-state index contributed by atoms with van der Waals surface area (Å²) in [6.07, 6.45) is 2.49. The molecule has 0 unspecified atom stereocenters. The van der Waals surface area contributed by atoms with E-state index in [0.29, 0.717) is 6.54 Å². The van der Waals surface area contributed by atoms with E-state index in [1.54, 1.807) is 0 Å². The van der Waals surface area contributed by atoms with Crippen molar-refractivity contribution in [1.82, 2.24) is 10.2 Å². The van der Waals surface area contributed by atoms with Gasteiger partial charge in [-0.3, -0.25) is 9.69 Å². The van der Waals surface area contributed by atoms with Gasteiger partial charge in [-0.15, -0.1) is 0 Å². The quantitative estimate of drug-likeness (QED) is 0.794. The lowest BCUT2D eigenvalue weighted by molar-refractivity contribution is -0.123. The predicted molar refractivity (Wildman–Crippen MR) is 67.3 cm³/mol. The molecule has 3 nitrogen and oxygen atoms in total. The first-order valence-corrected chi connectivity index (χ1v) is 6.50. The van der Waals surface area contributed by atoms with Crippen molar-refractivity contribution in [2.75, 3.05) is 19.6 Å². The van der Waals surface area contributed by atoms with Gasteiger partial charge >= 0.3 is 0 Å². The number of nitrogens with zero attached hydrogens (tertiary/aromatic N) is 1. The Kier molecular flexibility index (Phi) is 5.26. The van der Waals surface area contributed by atoms with Gasteiger partial charge in [0.15, 0.2) is 0 Å². The van der Waals surface area contributed by atoms with Crippen LogP contribution in [0.5, 0.6) is 0 Å². The van der Waals surface area contributed by atoms with Crippen molar-refractivity contribution in [1.29, 1.82) is 0 Å². The smallest absolute Gasteiger partial charge is 0.234 e. The van der Waals surface area contributed by atoms with Gasteiger partial charge in [0.25, 0.3) is 0 Å². The van der Waals surface area contributed by atoms with Gasteiger partial charge in [-0.05, 0) is 51.6 Å². The minimum absolute atomic E-state index is 0.165. The van der Waals surface area contributed by atoms with E-state index < -0.39 is 0 Å². The Bertz CT molecular complexity index is 218. The normalized spacial score (nSPS) is 19.4. The number of rotatable bonds is 4. The zero-order chi connectivity index (χ0) is 12.1. The second-order valence-corrected chi connectivity index (χ2v) is 5.58. The SMILES string of the molecule is CC(C)NC(=O)CN1CCC(C(C)C)CC1. The van der Waals surface area contributed by atoms with Crippen LogP contribution in [0.3, 0.4) is 0 Å². The summed E-state index contributed by atoms with van der Waals surface area (Å²) < 4.78 is 0. The van der Waals surface area contributed by atoms with Crippen LogP contribution >= 0.6 is 0 Å². The fourth-order valence-corrected chi connectivity index (χ4v) is 2.35. The molecule has 94 valence electrons. The van der Waals surface area contributed by atoms with Crippen molar-refractivity contribution in [3.05, 3.63) is 0 Å². The lowest BCUT2D eigenvalue weighted by Crippen LogP contribution is -2.43. The van der Waals surface area contributed by atoms with E-state index in [1.165, 1.54) is 12.8 Å². The van der Waals surface area contributed by atoms with Crippen LogP contribution in [0, 0.1) is 11.8 Å². The zero-order valence-electron chi connectivity index (χ0n) is 11.1.